The Labute approximate surface area is 148 Å². The standard InChI is InChI=1S/C17H16BrN3O3/c1-17(2,3)24-21-15(16-13(22)5-4-6-20-16)11-8-12(18)10(9-19)7-14(11)23/h4-8,22-23H,1-3H3. The number of oxime groups is 1. The molecule has 0 unspecified atom stereocenters. The molecular formula is C17H16BrN3O3. The van der Waals surface area contributed by atoms with E-state index in [2.05, 4.69) is 26.1 Å². The molecule has 1 heterocycles. The molecule has 124 valence electrons. The molecular weight excluding hydrogens is 374 g/mol. The molecule has 0 aliphatic rings. The number of aromatic hydroxyl groups is 2. The second kappa shape index (κ2) is 6.89. The first-order valence-corrected chi connectivity index (χ1v) is 7.85. The smallest absolute Gasteiger partial charge is 0.143 e. The van der Waals surface area contributed by atoms with Crippen molar-refractivity contribution in [2.75, 3.05) is 0 Å². The summed E-state index contributed by atoms with van der Waals surface area (Å²) < 4.78 is 0.483. The summed E-state index contributed by atoms with van der Waals surface area (Å²) in [5, 5.41) is 33.5. The topological polar surface area (TPSA) is 98.7 Å². The molecule has 0 aliphatic heterocycles. The maximum atomic E-state index is 10.3. The number of aromatic nitrogens is 1. The van der Waals surface area contributed by atoms with Crippen LogP contribution in [-0.2, 0) is 4.84 Å². The van der Waals surface area contributed by atoms with Crippen LogP contribution >= 0.6 is 15.9 Å². The second-order valence-corrected chi connectivity index (χ2v) is 6.83. The van der Waals surface area contributed by atoms with Crippen LogP contribution in [0, 0.1) is 11.3 Å². The number of halogens is 1. The Kier molecular flexibility index (Phi) is 5.10. The van der Waals surface area contributed by atoms with E-state index in [0.717, 1.165) is 0 Å². The Morgan fingerprint density at radius 1 is 1.29 bits per heavy atom. The zero-order valence-electron chi connectivity index (χ0n) is 13.4. The van der Waals surface area contributed by atoms with Gasteiger partial charge in [-0.3, -0.25) is 4.98 Å². The molecule has 1 aromatic carbocycles. The summed E-state index contributed by atoms with van der Waals surface area (Å²) in [7, 11) is 0. The van der Waals surface area contributed by atoms with Crippen LogP contribution in [0.3, 0.4) is 0 Å². The fourth-order valence-corrected chi connectivity index (χ4v) is 2.25. The van der Waals surface area contributed by atoms with E-state index in [-0.39, 0.29) is 34.0 Å². The van der Waals surface area contributed by atoms with Crippen molar-refractivity contribution < 1.29 is 15.1 Å². The van der Waals surface area contributed by atoms with Crippen LogP contribution in [0.2, 0.25) is 0 Å². The lowest BCUT2D eigenvalue weighted by molar-refractivity contribution is 0.00109. The van der Waals surface area contributed by atoms with Gasteiger partial charge in [0.1, 0.15) is 34.6 Å². The van der Waals surface area contributed by atoms with Gasteiger partial charge in [-0.1, -0.05) is 5.16 Å². The van der Waals surface area contributed by atoms with Crippen molar-refractivity contribution in [3.05, 3.63) is 51.8 Å². The average molecular weight is 390 g/mol. The first-order valence-electron chi connectivity index (χ1n) is 7.06. The normalized spacial score (nSPS) is 11.9. The molecule has 24 heavy (non-hydrogen) atoms. The second-order valence-electron chi connectivity index (χ2n) is 5.98. The lowest BCUT2D eigenvalue weighted by atomic mass is 10.0. The van der Waals surface area contributed by atoms with Crippen LogP contribution in [0.15, 0.2) is 40.1 Å². The van der Waals surface area contributed by atoms with Crippen molar-refractivity contribution in [1.29, 1.82) is 5.26 Å². The number of phenols is 1. The summed E-state index contributed by atoms with van der Waals surface area (Å²) in [6.07, 6.45) is 1.50. The Balaban J connectivity index is 2.66. The number of hydrogen-bond acceptors (Lipinski definition) is 6. The van der Waals surface area contributed by atoms with Gasteiger partial charge in [-0.15, -0.1) is 0 Å². The van der Waals surface area contributed by atoms with Gasteiger partial charge in [-0.2, -0.15) is 5.26 Å². The quantitative estimate of drug-likeness (QED) is 0.615. The Bertz CT molecular complexity index is 836. The molecule has 0 radical (unpaired) electrons. The fraction of sp³-hybridized carbons (Fsp3) is 0.235. The summed E-state index contributed by atoms with van der Waals surface area (Å²) in [6.45, 7) is 5.46. The maximum absolute atomic E-state index is 10.3. The van der Waals surface area contributed by atoms with Crippen molar-refractivity contribution in [3.63, 3.8) is 0 Å². The highest BCUT2D eigenvalue weighted by molar-refractivity contribution is 9.10. The number of hydrogen-bond donors (Lipinski definition) is 2. The summed E-state index contributed by atoms with van der Waals surface area (Å²) >= 11 is 3.28. The van der Waals surface area contributed by atoms with Crippen molar-refractivity contribution >= 4 is 21.6 Å². The Morgan fingerprint density at radius 2 is 2.00 bits per heavy atom. The minimum absolute atomic E-state index is 0.103. The number of nitriles is 1. The van der Waals surface area contributed by atoms with Crippen LogP contribution in [-0.4, -0.2) is 26.5 Å². The van der Waals surface area contributed by atoms with Crippen LogP contribution in [0.4, 0.5) is 0 Å². The number of rotatable bonds is 3. The van der Waals surface area contributed by atoms with Gasteiger partial charge in [-0.25, -0.2) is 0 Å². The molecule has 0 spiro atoms. The third kappa shape index (κ3) is 4.03. The molecule has 6 nitrogen and oxygen atoms in total. The van der Waals surface area contributed by atoms with Crippen molar-refractivity contribution in [2.45, 2.75) is 26.4 Å². The van der Waals surface area contributed by atoms with Gasteiger partial charge in [0.25, 0.3) is 0 Å². The van der Waals surface area contributed by atoms with Gasteiger partial charge in [0.2, 0.25) is 0 Å². The lowest BCUT2D eigenvalue weighted by Gasteiger charge is -2.18. The Morgan fingerprint density at radius 3 is 2.58 bits per heavy atom. The lowest BCUT2D eigenvalue weighted by Crippen LogP contribution is -2.18. The molecule has 1 aromatic heterocycles. The number of benzene rings is 1. The van der Waals surface area contributed by atoms with Crippen molar-refractivity contribution in [2.24, 2.45) is 5.16 Å². The maximum Gasteiger partial charge on any atom is 0.143 e. The van der Waals surface area contributed by atoms with Crippen LogP contribution in [0.25, 0.3) is 0 Å². The van der Waals surface area contributed by atoms with Crippen LogP contribution in [0.1, 0.15) is 37.6 Å². The van der Waals surface area contributed by atoms with E-state index in [1.165, 1.54) is 24.4 Å². The average Bonchev–Trinajstić information content (AvgIpc) is 2.50. The third-order valence-corrected chi connectivity index (χ3v) is 3.54. The molecule has 2 aromatic rings. The molecule has 0 saturated heterocycles. The predicted molar refractivity (Wildman–Crippen MR) is 92.9 cm³/mol. The van der Waals surface area contributed by atoms with E-state index >= 15 is 0 Å². The van der Waals surface area contributed by atoms with Crippen molar-refractivity contribution in [3.8, 4) is 17.6 Å². The summed E-state index contributed by atoms with van der Waals surface area (Å²) in [6, 6.07) is 7.85. The number of phenolic OH excluding ortho intramolecular Hbond substituents is 1. The molecule has 0 saturated carbocycles. The minimum Gasteiger partial charge on any atom is -0.507 e. The summed E-state index contributed by atoms with van der Waals surface area (Å²) in [4.78, 5) is 9.57. The van der Waals surface area contributed by atoms with Crippen molar-refractivity contribution in [1.82, 2.24) is 4.98 Å². The first-order chi connectivity index (χ1) is 11.2. The van der Waals surface area contributed by atoms with Gasteiger partial charge in [0, 0.05) is 16.2 Å². The van der Waals surface area contributed by atoms with Crippen LogP contribution in [0.5, 0.6) is 11.5 Å². The third-order valence-electron chi connectivity index (χ3n) is 2.88. The SMILES string of the molecule is CC(C)(C)ON=C(c1cc(Br)c(C#N)cc1O)c1ncccc1O. The van der Waals surface area contributed by atoms with E-state index in [0.29, 0.717) is 4.47 Å². The number of pyridine rings is 1. The van der Waals surface area contributed by atoms with E-state index in [9.17, 15) is 10.2 Å². The molecule has 7 heteroatoms. The van der Waals surface area contributed by atoms with Gasteiger partial charge < -0.3 is 15.1 Å². The summed E-state index contributed by atoms with van der Waals surface area (Å²) in [5.74, 6) is -0.273. The van der Waals surface area contributed by atoms with E-state index in [1.807, 2.05) is 26.8 Å². The number of nitrogens with zero attached hydrogens (tertiary/aromatic N) is 3. The minimum atomic E-state index is -0.574. The largest absolute Gasteiger partial charge is 0.507 e. The van der Waals surface area contributed by atoms with E-state index in [1.54, 1.807) is 6.07 Å². The first kappa shape index (κ1) is 17.8. The van der Waals surface area contributed by atoms with E-state index in [4.69, 9.17) is 10.1 Å². The van der Waals surface area contributed by atoms with Gasteiger partial charge >= 0.3 is 0 Å². The van der Waals surface area contributed by atoms with Gasteiger partial charge in [-0.05, 0) is 61.0 Å². The molecule has 0 aliphatic carbocycles. The highest BCUT2D eigenvalue weighted by atomic mass is 79.9. The zero-order chi connectivity index (χ0) is 17.9. The molecule has 0 fully saturated rings. The molecule has 2 N–H and O–H groups in total. The highest BCUT2D eigenvalue weighted by Crippen LogP contribution is 2.30. The fourth-order valence-electron chi connectivity index (χ4n) is 1.82. The zero-order valence-corrected chi connectivity index (χ0v) is 15.0. The van der Waals surface area contributed by atoms with Crippen LogP contribution < -0.4 is 0 Å². The predicted octanol–water partition coefficient (Wildman–Crippen LogP) is 3.69. The highest BCUT2D eigenvalue weighted by Gasteiger charge is 2.21. The molecule has 2 rings (SSSR count). The van der Waals surface area contributed by atoms with Gasteiger partial charge in [0.05, 0.1) is 5.56 Å². The molecule has 0 bridgehead atoms. The summed E-state index contributed by atoms with van der Waals surface area (Å²) in [5.41, 5.74) is 0.297. The monoisotopic (exact) mass is 389 g/mol. The molecule has 0 amide bonds. The molecule has 0 atom stereocenters. The van der Waals surface area contributed by atoms with Gasteiger partial charge in [0.15, 0.2) is 0 Å². The van der Waals surface area contributed by atoms with E-state index < -0.39 is 5.60 Å². The Hall–Kier alpha value is -2.59.